The number of rotatable bonds is 10. The number of nitrogens with one attached hydrogen (secondary N) is 1. The molecule has 5 heteroatoms. The third-order valence-electron chi connectivity index (χ3n) is 2.41. The molecule has 0 radical (unpaired) electrons. The van der Waals surface area contributed by atoms with Gasteiger partial charge in [0.2, 0.25) is 0 Å². The third-order valence-corrected chi connectivity index (χ3v) is 2.41. The third kappa shape index (κ3) is 7.10. The Hall–Kier alpha value is -0.910. The van der Waals surface area contributed by atoms with Gasteiger partial charge in [-0.3, -0.25) is 4.68 Å². The Kier molecular flexibility index (Phi) is 7.62. The average Bonchev–Trinajstić information content (AvgIpc) is 2.83. The summed E-state index contributed by atoms with van der Waals surface area (Å²) in [6, 6.07) is 1.90. The number of unbranched alkanes of at least 4 members (excludes halogenated alkanes) is 1. The van der Waals surface area contributed by atoms with E-state index in [1.54, 1.807) is 6.20 Å². The van der Waals surface area contributed by atoms with Crippen LogP contribution in [0.25, 0.3) is 0 Å². The largest absolute Gasteiger partial charge is 0.389 e. The van der Waals surface area contributed by atoms with Gasteiger partial charge in [0.1, 0.15) is 0 Å². The summed E-state index contributed by atoms with van der Waals surface area (Å²) >= 11 is 0. The van der Waals surface area contributed by atoms with Gasteiger partial charge in [0.05, 0.1) is 19.3 Å². The number of hydrogen-bond donors (Lipinski definition) is 2. The lowest BCUT2D eigenvalue weighted by molar-refractivity contribution is 0.0359. The van der Waals surface area contributed by atoms with Crippen LogP contribution in [0.5, 0.6) is 0 Å². The number of aromatic nitrogens is 2. The molecule has 5 nitrogen and oxygen atoms in total. The van der Waals surface area contributed by atoms with Crippen LogP contribution in [0.15, 0.2) is 18.5 Å². The molecule has 1 atom stereocenters. The first-order valence-electron chi connectivity index (χ1n) is 6.27. The van der Waals surface area contributed by atoms with Crippen LogP contribution < -0.4 is 5.32 Å². The Bertz CT molecular complexity index is 265. The van der Waals surface area contributed by atoms with Crippen molar-refractivity contribution in [3.05, 3.63) is 18.5 Å². The second kappa shape index (κ2) is 9.15. The van der Waals surface area contributed by atoms with Crippen LogP contribution in [0.2, 0.25) is 0 Å². The predicted octanol–water partition coefficient (Wildman–Crippen LogP) is 0.650. The normalized spacial score (nSPS) is 12.8. The van der Waals surface area contributed by atoms with E-state index in [1.165, 1.54) is 0 Å². The molecule has 1 heterocycles. The Labute approximate surface area is 103 Å². The second-order valence-corrected chi connectivity index (χ2v) is 4.06. The first-order valence-corrected chi connectivity index (χ1v) is 6.27. The van der Waals surface area contributed by atoms with E-state index in [0.29, 0.717) is 13.2 Å². The summed E-state index contributed by atoms with van der Waals surface area (Å²) in [4.78, 5) is 0. The molecule has 0 bridgehead atoms. The molecule has 0 saturated carbocycles. The van der Waals surface area contributed by atoms with Crippen LogP contribution in [0.4, 0.5) is 0 Å². The van der Waals surface area contributed by atoms with Gasteiger partial charge in [-0.2, -0.15) is 5.10 Å². The first-order chi connectivity index (χ1) is 8.33. The highest BCUT2D eigenvalue weighted by Gasteiger charge is 2.03. The minimum absolute atomic E-state index is 0.411. The second-order valence-electron chi connectivity index (χ2n) is 4.06. The highest BCUT2D eigenvalue weighted by Crippen LogP contribution is 1.90. The maximum Gasteiger partial charge on any atom is 0.0897 e. The van der Waals surface area contributed by atoms with Gasteiger partial charge < -0.3 is 15.2 Å². The first kappa shape index (κ1) is 14.2. The van der Waals surface area contributed by atoms with Crippen LogP contribution in [-0.2, 0) is 11.3 Å². The lowest BCUT2D eigenvalue weighted by atomic mass is 10.3. The average molecular weight is 241 g/mol. The summed E-state index contributed by atoms with van der Waals surface area (Å²) in [6.45, 7) is 5.45. The molecule has 1 aromatic rings. The maximum absolute atomic E-state index is 9.60. The van der Waals surface area contributed by atoms with Crippen molar-refractivity contribution >= 4 is 0 Å². The van der Waals surface area contributed by atoms with Crippen LogP contribution in [0.1, 0.15) is 19.8 Å². The fourth-order valence-electron chi connectivity index (χ4n) is 1.42. The molecule has 0 aliphatic heterocycles. The SMILES string of the molecule is CCCCOCC(O)CNCCn1cccn1. The molecular formula is C12H23N3O2. The Balaban J connectivity index is 1.91. The Morgan fingerprint density at radius 1 is 1.53 bits per heavy atom. The summed E-state index contributed by atoms with van der Waals surface area (Å²) in [5.74, 6) is 0. The molecule has 0 saturated heterocycles. The quantitative estimate of drug-likeness (QED) is 0.591. The summed E-state index contributed by atoms with van der Waals surface area (Å²) in [7, 11) is 0. The minimum Gasteiger partial charge on any atom is -0.389 e. The summed E-state index contributed by atoms with van der Waals surface area (Å²) in [5, 5.41) is 16.9. The van der Waals surface area contributed by atoms with Gasteiger partial charge in [-0.15, -0.1) is 0 Å². The molecule has 0 amide bonds. The van der Waals surface area contributed by atoms with E-state index in [-0.39, 0.29) is 0 Å². The van der Waals surface area contributed by atoms with Gasteiger partial charge in [-0.05, 0) is 12.5 Å². The van der Waals surface area contributed by atoms with E-state index < -0.39 is 6.10 Å². The zero-order chi connectivity index (χ0) is 12.3. The van der Waals surface area contributed by atoms with Crippen molar-refractivity contribution in [1.82, 2.24) is 15.1 Å². The van der Waals surface area contributed by atoms with Crippen LogP contribution in [0, 0.1) is 0 Å². The standard InChI is InChI=1S/C12H23N3O2/c1-2-3-9-17-11-12(16)10-13-6-8-15-7-4-5-14-15/h4-5,7,12-13,16H,2-3,6,8-11H2,1H3. The van der Waals surface area contributed by atoms with Crippen molar-refractivity contribution in [2.75, 3.05) is 26.3 Å². The van der Waals surface area contributed by atoms with E-state index in [9.17, 15) is 5.11 Å². The van der Waals surface area contributed by atoms with E-state index in [0.717, 1.165) is 32.5 Å². The fourth-order valence-corrected chi connectivity index (χ4v) is 1.42. The van der Waals surface area contributed by atoms with E-state index in [4.69, 9.17) is 4.74 Å². The predicted molar refractivity (Wildman–Crippen MR) is 66.8 cm³/mol. The molecule has 0 aliphatic carbocycles. The topological polar surface area (TPSA) is 59.3 Å². The van der Waals surface area contributed by atoms with E-state index >= 15 is 0 Å². The van der Waals surface area contributed by atoms with Gasteiger partial charge in [-0.25, -0.2) is 0 Å². The zero-order valence-electron chi connectivity index (χ0n) is 10.5. The van der Waals surface area contributed by atoms with Crippen molar-refractivity contribution in [2.45, 2.75) is 32.4 Å². The van der Waals surface area contributed by atoms with Crippen molar-refractivity contribution in [1.29, 1.82) is 0 Å². The molecule has 17 heavy (non-hydrogen) atoms. The highest BCUT2D eigenvalue weighted by molar-refractivity contribution is 4.77. The molecule has 0 fully saturated rings. The Morgan fingerprint density at radius 3 is 3.12 bits per heavy atom. The summed E-state index contributed by atoms with van der Waals surface area (Å²) < 4.78 is 7.19. The lowest BCUT2D eigenvalue weighted by Crippen LogP contribution is -2.32. The van der Waals surface area contributed by atoms with Gasteiger partial charge in [0.15, 0.2) is 0 Å². The van der Waals surface area contributed by atoms with Gasteiger partial charge in [-0.1, -0.05) is 13.3 Å². The van der Waals surface area contributed by atoms with E-state index in [2.05, 4.69) is 17.3 Å². The van der Waals surface area contributed by atoms with Gasteiger partial charge >= 0.3 is 0 Å². The van der Waals surface area contributed by atoms with Crippen molar-refractivity contribution in [3.63, 3.8) is 0 Å². The smallest absolute Gasteiger partial charge is 0.0897 e. The molecule has 1 aromatic heterocycles. The number of aliphatic hydroxyl groups excluding tert-OH is 1. The Morgan fingerprint density at radius 2 is 2.41 bits per heavy atom. The maximum atomic E-state index is 9.60. The molecule has 1 rings (SSSR count). The molecule has 2 N–H and O–H groups in total. The zero-order valence-corrected chi connectivity index (χ0v) is 10.5. The van der Waals surface area contributed by atoms with E-state index in [1.807, 2.05) is 16.9 Å². The van der Waals surface area contributed by atoms with Gasteiger partial charge in [0, 0.05) is 32.1 Å². The van der Waals surface area contributed by atoms with Crippen LogP contribution in [-0.4, -0.2) is 47.3 Å². The highest BCUT2D eigenvalue weighted by atomic mass is 16.5. The number of nitrogens with zero attached hydrogens (tertiary/aromatic N) is 2. The minimum atomic E-state index is -0.426. The number of ether oxygens (including phenoxy) is 1. The molecular weight excluding hydrogens is 218 g/mol. The number of aliphatic hydroxyl groups is 1. The fraction of sp³-hybridized carbons (Fsp3) is 0.750. The monoisotopic (exact) mass is 241 g/mol. The van der Waals surface area contributed by atoms with Crippen molar-refractivity contribution < 1.29 is 9.84 Å². The molecule has 0 aromatic carbocycles. The van der Waals surface area contributed by atoms with Crippen LogP contribution in [0.3, 0.4) is 0 Å². The molecule has 0 spiro atoms. The number of hydrogen-bond acceptors (Lipinski definition) is 4. The van der Waals surface area contributed by atoms with Gasteiger partial charge in [0.25, 0.3) is 0 Å². The summed E-state index contributed by atoms with van der Waals surface area (Å²) in [5.41, 5.74) is 0. The van der Waals surface area contributed by atoms with Crippen molar-refractivity contribution in [3.8, 4) is 0 Å². The van der Waals surface area contributed by atoms with Crippen molar-refractivity contribution in [2.24, 2.45) is 0 Å². The molecule has 1 unspecified atom stereocenters. The van der Waals surface area contributed by atoms with Crippen LogP contribution >= 0.6 is 0 Å². The molecule has 98 valence electrons. The lowest BCUT2D eigenvalue weighted by Gasteiger charge is -2.12. The molecule has 0 aliphatic rings. The summed E-state index contributed by atoms with van der Waals surface area (Å²) in [6.07, 6.45) is 5.43.